The van der Waals surface area contributed by atoms with Crippen LogP contribution in [0.5, 0.6) is 5.75 Å². The molecule has 0 radical (unpaired) electrons. The van der Waals surface area contributed by atoms with E-state index in [0.29, 0.717) is 10.9 Å². The lowest BCUT2D eigenvalue weighted by molar-refractivity contribution is -0.138. The second kappa shape index (κ2) is 6.09. The summed E-state index contributed by atoms with van der Waals surface area (Å²) in [4.78, 5) is 11.5. The predicted octanol–water partition coefficient (Wildman–Crippen LogP) is 3.87. The van der Waals surface area contributed by atoms with E-state index < -0.39 is 11.9 Å². The smallest absolute Gasteiger partial charge is 0.311 e. The Bertz CT molecular complexity index is 620. The fourth-order valence-electron chi connectivity index (χ4n) is 2.06. The summed E-state index contributed by atoms with van der Waals surface area (Å²) in [5.41, 5.74) is 2.75. The summed E-state index contributed by atoms with van der Waals surface area (Å²) in [7, 11) is 0. The minimum absolute atomic E-state index is 0.149. The highest BCUT2D eigenvalue weighted by molar-refractivity contribution is 9.10. The molecule has 2 rings (SSSR count). The summed E-state index contributed by atoms with van der Waals surface area (Å²) in [6, 6.07) is 12.6. The maximum Gasteiger partial charge on any atom is 0.311 e. The number of carboxylic acids is 1. The van der Waals surface area contributed by atoms with Crippen LogP contribution >= 0.6 is 15.9 Å². The number of aliphatic carboxylic acids is 1. The van der Waals surface area contributed by atoms with Crippen LogP contribution in [0.4, 0.5) is 0 Å². The second-order valence-electron chi connectivity index (χ2n) is 4.79. The Morgan fingerprint density at radius 2 is 1.85 bits per heavy atom. The van der Waals surface area contributed by atoms with E-state index in [0.717, 1.165) is 16.7 Å². The topological polar surface area (TPSA) is 57.5 Å². The van der Waals surface area contributed by atoms with Crippen molar-refractivity contribution in [1.29, 1.82) is 0 Å². The normalized spacial score (nSPS) is 12.1. The number of aromatic hydroxyl groups is 1. The van der Waals surface area contributed by atoms with Gasteiger partial charge in [0.15, 0.2) is 0 Å². The monoisotopic (exact) mass is 334 g/mol. The molecule has 20 heavy (non-hydrogen) atoms. The van der Waals surface area contributed by atoms with Crippen LogP contribution in [0.3, 0.4) is 0 Å². The van der Waals surface area contributed by atoms with E-state index in [1.54, 1.807) is 18.2 Å². The minimum atomic E-state index is -0.849. The van der Waals surface area contributed by atoms with Crippen LogP contribution in [0.1, 0.15) is 22.6 Å². The molecule has 3 nitrogen and oxygen atoms in total. The number of rotatable bonds is 4. The molecule has 0 fully saturated rings. The molecule has 0 aromatic heterocycles. The van der Waals surface area contributed by atoms with Gasteiger partial charge in [0.25, 0.3) is 0 Å². The zero-order valence-electron chi connectivity index (χ0n) is 11.0. The van der Waals surface area contributed by atoms with E-state index >= 15 is 0 Å². The Morgan fingerprint density at radius 3 is 2.40 bits per heavy atom. The van der Waals surface area contributed by atoms with Gasteiger partial charge >= 0.3 is 5.97 Å². The van der Waals surface area contributed by atoms with Crippen molar-refractivity contribution < 1.29 is 15.0 Å². The van der Waals surface area contributed by atoms with Crippen LogP contribution < -0.4 is 0 Å². The molecule has 0 aliphatic heterocycles. The predicted molar refractivity (Wildman–Crippen MR) is 81.1 cm³/mol. The fourth-order valence-corrected chi connectivity index (χ4v) is 2.49. The molecular formula is C16H15BrO3. The Kier molecular flexibility index (Phi) is 4.45. The molecule has 104 valence electrons. The van der Waals surface area contributed by atoms with Crippen LogP contribution in [0.25, 0.3) is 0 Å². The largest absolute Gasteiger partial charge is 0.507 e. The molecular weight excluding hydrogens is 320 g/mol. The molecule has 0 amide bonds. The average Bonchev–Trinajstić information content (AvgIpc) is 2.41. The van der Waals surface area contributed by atoms with Crippen molar-refractivity contribution in [2.75, 3.05) is 0 Å². The number of phenolic OH excluding ortho intramolecular Hbond substituents is 1. The maximum absolute atomic E-state index is 11.5. The molecule has 2 aromatic carbocycles. The molecule has 0 saturated heterocycles. The Hall–Kier alpha value is -1.81. The molecule has 0 bridgehead atoms. The van der Waals surface area contributed by atoms with Crippen molar-refractivity contribution in [1.82, 2.24) is 0 Å². The standard InChI is InChI=1S/C16H15BrO3/c1-10-2-5-12(6-3-10)13(16(19)20)8-11-4-7-15(18)14(17)9-11/h2-7,9,13,18H,8H2,1H3,(H,19,20). The van der Waals surface area contributed by atoms with Crippen molar-refractivity contribution in [3.8, 4) is 5.75 Å². The number of hydrogen-bond acceptors (Lipinski definition) is 2. The van der Waals surface area contributed by atoms with E-state index in [9.17, 15) is 15.0 Å². The summed E-state index contributed by atoms with van der Waals surface area (Å²) in [6.45, 7) is 1.97. The second-order valence-corrected chi connectivity index (χ2v) is 5.65. The van der Waals surface area contributed by atoms with Gasteiger partial charge in [-0.1, -0.05) is 35.9 Å². The Labute approximate surface area is 126 Å². The van der Waals surface area contributed by atoms with Crippen LogP contribution in [-0.4, -0.2) is 16.2 Å². The van der Waals surface area contributed by atoms with Gasteiger partial charge in [0.2, 0.25) is 0 Å². The van der Waals surface area contributed by atoms with Gasteiger partial charge in [-0.15, -0.1) is 0 Å². The van der Waals surface area contributed by atoms with Crippen molar-refractivity contribution >= 4 is 21.9 Å². The molecule has 1 atom stereocenters. The number of aryl methyl sites for hydroxylation is 1. The fraction of sp³-hybridized carbons (Fsp3) is 0.188. The first-order valence-electron chi connectivity index (χ1n) is 6.24. The van der Waals surface area contributed by atoms with Crippen molar-refractivity contribution in [3.05, 3.63) is 63.6 Å². The van der Waals surface area contributed by atoms with Gasteiger partial charge in [0, 0.05) is 0 Å². The van der Waals surface area contributed by atoms with Crippen molar-refractivity contribution in [3.63, 3.8) is 0 Å². The quantitative estimate of drug-likeness (QED) is 0.892. The first-order valence-corrected chi connectivity index (χ1v) is 7.03. The summed E-state index contributed by atoms with van der Waals surface area (Å²) in [5, 5.41) is 18.9. The molecule has 0 aliphatic rings. The Balaban J connectivity index is 2.27. The zero-order chi connectivity index (χ0) is 14.7. The number of carbonyl (C=O) groups is 1. The molecule has 0 spiro atoms. The maximum atomic E-state index is 11.5. The minimum Gasteiger partial charge on any atom is -0.507 e. The number of carboxylic acid groups (broad SMARTS) is 1. The molecule has 2 aromatic rings. The van der Waals surface area contributed by atoms with Crippen molar-refractivity contribution in [2.45, 2.75) is 19.3 Å². The number of hydrogen-bond donors (Lipinski definition) is 2. The average molecular weight is 335 g/mol. The van der Waals surface area contributed by atoms with Crippen LogP contribution in [-0.2, 0) is 11.2 Å². The molecule has 0 heterocycles. The third-order valence-corrected chi connectivity index (χ3v) is 3.86. The number of halogens is 1. The van der Waals surface area contributed by atoms with Gasteiger partial charge in [-0.3, -0.25) is 4.79 Å². The first-order chi connectivity index (χ1) is 9.47. The third-order valence-electron chi connectivity index (χ3n) is 3.23. The van der Waals surface area contributed by atoms with E-state index in [-0.39, 0.29) is 5.75 Å². The van der Waals surface area contributed by atoms with E-state index in [1.807, 2.05) is 31.2 Å². The Morgan fingerprint density at radius 1 is 1.20 bits per heavy atom. The lowest BCUT2D eigenvalue weighted by Crippen LogP contribution is -2.14. The molecule has 0 saturated carbocycles. The third kappa shape index (κ3) is 3.39. The molecule has 4 heteroatoms. The van der Waals surface area contributed by atoms with Crippen LogP contribution in [0.15, 0.2) is 46.9 Å². The first kappa shape index (κ1) is 14.6. The van der Waals surface area contributed by atoms with Crippen LogP contribution in [0, 0.1) is 6.92 Å². The van der Waals surface area contributed by atoms with Gasteiger partial charge in [0.05, 0.1) is 10.4 Å². The highest BCUT2D eigenvalue weighted by atomic mass is 79.9. The summed E-state index contributed by atoms with van der Waals surface area (Å²) < 4.78 is 0.572. The molecule has 0 aliphatic carbocycles. The van der Waals surface area contributed by atoms with Crippen molar-refractivity contribution in [2.24, 2.45) is 0 Å². The van der Waals surface area contributed by atoms with E-state index in [1.165, 1.54) is 0 Å². The highest BCUT2D eigenvalue weighted by Gasteiger charge is 2.20. The SMILES string of the molecule is Cc1ccc(C(Cc2ccc(O)c(Br)c2)C(=O)O)cc1. The molecule has 2 N–H and O–H groups in total. The van der Waals surface area contributed by atoms with Gasteiger partial charge in [-0.2, -0.15) is 0 Å². The lowest BCUT2D eigenvalue weighted by atomic mass is 9.91. The zero-order valence-corrected chi connectivity index (χ0v) is 12.6. The number of benzene rings is 2. The molecule has 1 unspecified atom stereocenters. The summed E-state index contributed by atoms with van der Waals surface area (Å²) in [5.74, 6) is -1.29. The number of phenols is 1. The summed E-state index contributed by atoms with van der Waals surface area (Å²) >= 11 is 3.24. The van der Waals surface area contributed by atoms with Gasteiger partial charge in [0.1, 0.15) is 5.75 Å². The van der Waals surface area contributed by atoms with Gasteiger partial charge in [-0.05, 0) is 52.5 Å². The van der Waals surface area contributed by atoms with Gasteiger partial charge < -0.3 is 10.2 Å². The van der Waals surface area contributed by atoms with Gasteiger partial charge in [-0.25, -0.2) is 0 Å². The highest BCUT2D eigenvalue weighted by Crippen LogP contribution is 2.28. The van der Waals surface area contributed by atoms with E-state index in [4.69, 9.17) is 0 Å². The van der Waals surface area contributed by atoms with Crippen LogP contribution in [0.2, 0.25) is 0 Å². The lowest BCUT2D eigenvalue weighted by Gasteiger charge is -2.13. The summed E-state index contributed by atoms with van der Waals surface area (Å²) in [6.07, 6.45) is 0.386. The van der Waals surface area contributed by atoms with E-state index in [2.05, 4.69) is 15.9 Å².